The molecule has 1 aromatic heterocycles. The molecule has 138 valence electrons. The summed E-state index contributed by atoms with van der Waals surface area (Å²) in [5.74, 6) is 0.836. The summed E-state index contributed by atoms with van der Waals surface area (Å²) < 4.78 is 5.56. The number of anilines is 1. The van der Waals surface area contributed by atoms with E-state index in [0.29, 0.717) is 12.2 Å². The van der Waals surface area contributed by atoms with Crippen LogP contribution in [-0.4, -0.2) is 35.5 Å². The Balaban J connectivity index is 1.57. The number of hydrogen-bond acceptors (Lipinski definition) is 5. The van der Waals surface area contributed by atoms with E-state index < -0.39 is 4.92 Å². The van der Waals surface area contributed by atoms with E-state index in [1.165, 1.54) is 30.7 Å². The molecule has 1 atom stereocenters. The van der Waals surface area contributed by atoms with Crippen molar-refractivity contribution in [1.82, 2.24) is 10.2 Å². The summed E-state index contributed by atoms with van der Waals surface area (Å²) in [5.41, 5.74) is 0.486. The van der Waals surface area contributed by atoms with Gasteiger partial charge in [-0.15, -0.1) is 0 Å². The molecule has 8 nitrogen and oxygen atoms in total. The van der Waals surface area contributed by atoms with E-state index >= 15 is 0 Å². The normalized spacial score (nSPS) is 16.0. The average Bonchev–Trinajstić information content (AvgIpc) is 3.17. The number of urea groups is 1. The topological polar surface area (TPSA) is 101 Å². The number of nitro groups is 1. The molecular formula is C18H22N4O4. The molecule has 0 bridgehead atoms. The predicted octanol–water partition coefficient (Wildman–Crippen LogP) is 3.54. The zero-order valence-corrected chi connectivity index (χ0v) is 14.4. The minimum absolute atomic E-state index is 0.00656. The third-order valence-electron chi connectivity index (χ3n) is 4.49. The Morgan fingerprint density at radius 3 is 2.54 bits per heavy atom. The van der Waals surface area contributed by atoms with Crippen molar-refractivity contribution in [2.45, 2.75) is 25.3 Å². The van der Waals surface area contributed by atoms with Gasteiger partial charge in [0, 0.05) is 24.4 Å². The van der Waals surface area contributed by atoms with Gasteiger partial charge in [0.05, 0.1) is 17.2 Å². The molecule has 1 aliphatic rings. The predicted molar refractivity (Wildman–Crippen MR) is 97.0 cm³/mol. The van der Waals surface area contributed by atoms with Crippen LogP contribution in [0.5, 0.6) is 0 Å². The molecule has 2 amide bonds. The maximum atomic E-state index is 12.2. The highest BCUT2D eigenvalue weighted by Gasteiger charge is 2.24. The van der Waals surface area contributed by atoms with Crippen molar-refractivity contribution < 1.29 is 14.1 Å². The van der Waals surface area contributed by atoms with E-state index in [-0.39, 0.29) is 17.8 Å². The summed E-state index contributed by atoms with van der Waals surface area (Å²) in [4.78, 5) is 24.7. The van der Waals surface area contributed by atoms with Gasteiger partial charge < -0.3 is 15.1 Å². The van der Waals surface area contributed by atoms with Crippen molar-refractivity contribution in [1.29, 1.82) is 0 Å². The number of piperidine rings is 1. The molecule has 1 aromatic carbocycles. The first-order valence-electron chi connectivity index (χ1n) is 8.70. The summed E-state index contributed by atoms with van der Waals surface area (Å²) in [6.07, 6.45) is 5.16. The van der Waals surface area contributed by atoms with Gasteiger partial charge in [0.15, 0.2) is 0 Å². The maximum Gasteiger partial charge on any atom is 0.319 e. The Hall–Kier alpha value is -2.87. The lowest BCUT2D eigenvalue weighted by Crippen LogP contribution is -2.41. The fraction of sp³-hybridized carbons (Fsp3) is 0.389. The number of rotatable bonds is 6. The van der Waals surface area contributed by atoms with Crippen LogP contribution in [0.1, 0.15) is 31.1 Å². The number of carbonyl (C=O) groups is 1. The Morgan fingerprint density at radius 1 is 1.19 bits per heavy atom. The number of amides is 2. The summed E-state index contributed by atoms with van der Waals surface area (Å²) in [7, 11) is 0. The molecular weight excluding hydrogens is 336 g/mol. The molecule has 26 heavy (non-hydrogen) atoms. The van der Waals surface area contributed by atoms with E-state index in [0.717, 1.165) is 31.7 Å². The van der Waals surface area contributed by atoms with Crippen LogP contribution in [-0.2, 0) is 0 Å². The third kappa shape index (κ3) is 4.60. The van der Waals surface area contributed by atoms with Crippen molar-refractivity contribution in [3.63, 3.8) is 0 Å². The van der Waals surface area contributed by atoms with Gasteiger partial charge in [0.2, 0.25) is 0 Å². The Labute approximate surface area is 151 Å². The standard InChI is InChI=1S/C18H22N4O4/c23-18(20-14-6-8-15(9-7-14)22(24)25)19-13-16(17-5-4-12-26-17)21-10-2-1-3-11-21/h4-9,12,16H,1-3,10-11,13H2,(H2,19,20,23)/t16-/m1/s1. The number of nitrogens with zero attached hydrogens (tertiary/aromatic N) is 2. The molecule has 0 spiro atoms. The largest absolute Gasteiger partial charge is 0.468 e. The number of carbonyl (C=O) groups excluding carboxylic acids is 1. The second-order valence-electron chi connectivity index (χ2n) is 6.27. The van der Waals surface area contributed by atoms with Gasteiger partial charge in [-0.05, 0) is 50.2 Å². The van der Waals surface area contributed by atoms with Gasteiger partial charge in [-0.1, -0.05) is 6.42 Å². The fourth-order valence-corrected chi connectivity index (χ4v) is 3.15. The highest BCUT2D eigenvalue weighted by molar-refractivity contribution is 5.89. The van der Waals surface area contributed by atoms with E-state index in [1.54, 1.807) is 6.26 Å². The zero-order chi connectivity index (χ0) is 18.4. The number of hydrogen-bond donors (Lipinski definition) is 2. The highest BCUT2D eigenvalue weighted by Crippen LogP contribution is 2.24. The van der Waals surface area contributed by atoms with Crippen LogP contribution in [0.15, 0.2) is 47.1 Å². The molecule has 2 aromatic rings. The van der Waals surface area contributed by atoms with E-state index in [2.05, 4.69) is 15.5 Å². The molecule has 1 fully saturated rings. The van der Waals surface area contributed by atoms with Gasteiger partial charge in [0.25, 0.3) is 5.69 Å². The molecule has 8 heteroatoms. The monoisotopic (exact) mass is 358 g/mol. The van der Waals surface area contributed by atoms with Crippen LogP contribution in [0, 0.1) is 10.1 Å². The van der Waals surface area contributed by atoms with Crippen molar-refractivity contribution in [3.8, 4) is 0 Å². The SMILES string of the molecule is O=C(NC[C@H](c1ccco1)N1CCCCC1)Nc1ccc([N+](=O)[O-])cc1. The summed E-state index contributed by atoms with van der Waals surface area (Å²) >= 11 is 0. The molecule has 3 rings (SSSR count). The molecule has 0 aliphatic carbocycles. The quantitative estimate of drug-likeness (QED) is 0.608. The van der Waals surface area contributed by atoms with Crippen LogP contribution in [0.3, 0.4) is 0 Å². The lowest BCUT2D eigenvalue weighted by Gasteiger charge is -2.33. The van der Waals surface area contributed by atoms with Crippen LogP contribution in [0.25, 0.3) is 0 Å². The Kier molecular flexibility index (Phi) is 5.85. The van der Waals surface area contributed by atoms with Crippen LogP contribution >= 0.6 is 0 Å². The van der Waals surface area contributed by atoms with Crippen molar-refractivity contribution in [2.24, 2.45) is 0 Å². The second kappa shape index (κ2) is 8.48. The lowest BCUT2D eigenvalue weighted by molar-refractivity contribution is -0.384. The van der Waals surface area contributed by atoms with Crippen molar-refractivity contribution >= 4 is 17.4 Å². The third-order valence-corrected chi connectivity index (χ3v) is 4.49. The van der Waals surface area contributed by atoms with Crippen LogP contribution in [0.2, 0.25) is 0 Å². The van der Waals surface area contributed by atoms with E-state index in [9.17, 15) is 14.9 Å². The zero-order valence-electron chi connectivity index (χ0n) is 14.4. The van der Waals surface area contributed by atoms with Crippen molar-refractivity contribution in [2.75, 3.05) is 25.0 Å². The van der Waals surface area contributed by atoms with Gasteiger partial charge in [0.1, 0.15) is 5.76 Å². The van der Waals surface area contributed by atoms with Gasteiger partial charge in [-0.2, -0.15) is 0 Å². The van der Waals surface area contributed by atoms with E-state index in [1.807, 2.05) is 12.1 Å². The van der Waals surface area contributed by atoms with E-state index in [4.69, 9.17) is 4.42 Å². The first kappa shape index (κ1) is 17.9. The maximum absolute atomic E-state index is 12.2. The fourth-order valence-electron chi connectivity index (χ4n) is 3.15. The van der Waals surface area contributed by atoms with Crippen molar-refractivity contribution in [3.05, 3.63) is 58.5 Å². The molecule has 0 saturated carbocycles. The van der Waals surface area contributed by atoms with Gasteiger partial charge in [-0.25, -0.2) is 4.79 Å². The summed E-state index contributed by atoms with van der Waals surface area (Å²) in [5, 5.41) is 16.2. The summed E-state index contributed by atoms with van der Waals surface area (Å²) in [6.45, 7) is 2.39. The second-order valence-corrected chi connectivity index (χ2v) is 6.27. The average molecular weight is 358 g/mol. The Morgan fingerprint density at radius 2 is 1.92 bits per heavy atom. The first-order chi connectivity index (χ1) is 12.6. The van der Waals surface area contributed by atoms with Gasteiger partial charge in [-0.3, -0.25) is 15.0 Å². The molecule has 0 unspecified atom stereocenters. The van der Waals surface area contributed by atoms with Crippen LogP contribution in [0.4, 0.5) is 16.2 Å². The first-order valence-corrected chi connectivity index (χ1v) is 8.70. The number of furan rings is 1. The molecule has 1 aliphatic heterocycles. The number of nitro benzene ring substituents is 1. The minimum atomic E-state index is -0.476. The highest BCUT2D eigenvalue weighted by atomic mass is 16.6. The smallest absolute Gasteiger partial charge is 0.319 e. The lowest BCUT2D eigenvalue weighted by atomic mass is 10.1. The molecule has 2 N–H and O–H groups in total. The number of nitrogens with one attached hydrogen (secondary N) is 2. The summed E-state index contributed by atoms with van der Waals surface area (Å²) in [6, 6.07) is 9.14. The number of benzene rings is 1. The van der Waals surface area contributed by atoms with Crippen LogP contribution < -0.4 is 10.6 Å². The number of likely N-dealkylation sites (tertiary alicyclic amines) is 1. The minimum Gasteiger partial charge on any atom is -0.468 e. The molecule has 1 saturated heterocycles. The molecule has 0 radical (unpaired) electrons. The Bertz CT molecular complexity index is 724. The van der Waals surface area contributed by atoms with Gasteiger partial charge >= 0.3 is 6.03 Å². The molecule has 2 heterocycles. The number of non-ortho nitro benzene ring substituents is 1.